The van der Waals surface area contributed by atoms with E-state index in [9.17, 15) is 15.3 Å². The second-order valence-corrected chi connectivity index (χ2v) is 7.49. The minimum atomic E-state index is -1.21. The lowest BCUT2D eigenvalue weighted by Crippen LogP contribution is -2.33. The van der Waals surface area contributed by atoms with Crippen LogP contribution in [0.25, 0.3) is 22.0 Å². The first-order chi connectivity index (χ1) is 15.1. The zero-order chi connectivity index (χ0) is 21.5. The van der Waals surface area contributed by atoms with Gasteiger partial charge in [-0.05, 0) is 30.3 Å². The molecule has 9 heteroatoms. The second kappa shape index (κ2) is 7.86. The molecule has 0 bridgehead atoms. The van der Waals surface area contributed by atoms with Gasteiger partial charge < -0.3 is 34.5 Å². The van der Waals surface area contributed by atoms with Gasteiger partial charge in [-0.1, -0.05) is 12.1 Å². The van der Waals surface area contributed by atoms with Crippen LogP contribution in [0.15, 0.2) is 52.9 Å². The number of ether oxygens (including phenoxy) is 2. The van der Waals surface area contributed by atoms with Crippen molar-refractivity contribution in [2.75, 3.05) is 19.0 Å². The van der Waals surface area contributed by atoms with Gasteiger partial charge in [0.25, 0.3) is 0 Å². The number of aliphatic hydroxyl groups is 3. The molecule has 4 N–H and O–H groups in total. The van der Waals surface area contributed by atoms with Crippen LogP contribution in [0.1, 0.15) is 12.0 Å². The molecular formula is C22H23N3O6. The Labute approximate surface area is 177 Å². The summed E-state index contributed by atoms with van der Waals surface area (Å²) < 4.78 is 18.6. The number of imidazole rings is 1. The van der Waals surface area contributed by atoms with Gasteiger partial charge in [0, 0.05) is 11.5 Å². The van der Waals surface area contributed by atoms with Crippen LogP contribution in [0.5, 0.6) is 5.75 Å². The quantitative estimate of drug-likeness (QED) is 0.370. The van der Waals surface area contributed by atoms with Crippen LogP contribution in [0.4, 0.5) is 5.95 Å². The Morgan fingerprint density at radius 1 is 1.13 bits per heavy atom. The molecule has 4 aromatic rings. The number of anilines is 1. The smallest absolute Gasteiger partial charge is 0.206 e. The van der Waals surface area contributed by atoms with E-state index in [0.29, 0.717) is 35.1 Å². The molecule has 0 unspecified atom stereocenters. The van der Waals surface area contributed by atoms with Crippen LogP contribution in [0, 0.1) is 0 Å². The minimum Gasteiger partial charge on any atom is -0.497 e. The summed E-state index contributed by atoms with van der Waals surface area (Å²) in [6.45, 7) is -0.0539. The van der Waals surface area contributed by atoms with Gasteiger partial charge in [0.15, 0.2) is 6.23 Å². The molecule has 3 heterocycles. The van der Waals surface area contributed by atoms with Crippen molar-refractivity contribution >= 4 is 28.0 Å². The zero-order valence-corrected chi connectivity index (χ0v) is 16.8. The zero-order valence-electron chi connectivity index (χ0n) is 16.8. The molecule has 162 valence electrons. The molecule has 2 aromatic heterocycles. The number of aromatic nitrogens is 2. The molecule has 4 atom stereocenters. The Bertz CT molecular complexity index is 1220. The largest absolute Gasteiger partial charge is 0.497 e. The van der Waals surface area contributed by atoms with E-state index < -0.39 is 31.1 Å². The van der Waals surface area contributed by atoms with Crippen LogP contribution in [0.3, 0.4) is 0 Å². The molecule has 5 rings (SSSR count). The lowest BCUT2D eigenvalue weighted by Gasteiger charge is -2.20. The molecule has 9 nitrogen and oxygen atoms in total. The van der Waals surface area contributed by atoms with E-state index in [-0.39, 0.29) is 0 Å². The van der Waals surface area contributed by atoms with Crippen molar-refractivity contribution in [2.24, 2.45) is 0 Å². The number of fused-ring (bicyclic) bond motifs is 2. The Kier molecular flexibility index (Phi) is 5.03. The van der Waals surface area contributed by atoms with Crippen molar-refractivity contribution in [3.63, 3.8) is 0 Å². The molecule has 0 aliphatic carbocycles. The van der Waals surface area contributed by atoms with Crippen LogP contribution < -0.4 is 10.1 Å². The first-order valence-electron chi connectivity index (χ1n) is 9.99. The lowest BCUT2D eigenvalue weighted by atomic mass is 10.1. The number of hydrogen-bond acceptors (Lipinski definition) is 8. The van der Waals surface area contributed by atoms with Crippen LogP contribution in [0.2, 0.25) is 0 Å². The summed E-state index contributed by atoms with van der Waals surface area (Å²) in [4.78, 5) is 4.62. The molecule has 0 radical (unpaired) electrons. The highest BCUT2D eigenvalue weighted by Gasteiger charge is 2.44. The molecule has 0 spiro atoms. The van der Waals surface area contributed by atoms with Gasteiger partial charge in [0.1, 0.15) is 35.4 Å². The summed E-state index contributed by atoms with van der Waals surface area (Å²) in [7, 11) is 1.61. The average Bonchev–Trinajstić information content (AvgIpc) is 3.45. The maximum Gasteiger partial charge on any atom is 0.206 e. The van der Waals surface area contributed by atoms with Gasteiger partial charge in [-0.2, -0.15) is 0 Å². The average molecular weight is 425 g/mol. The summed E-state index contributed by atoms with van der Waals surface area (Å²) in [5.41, 5.74) is 2.15. The van der Waals surface area contributed by atoms with Gasteiger partial charge >= 0.3 is 0 Å². The number of hydrogen-bond donors (Lipinski definition) is 4. The fraction of sp³-hybridized carbons (Fsp3) is 0.318. The third-order valence-corrected chi connectivity index (χ3v) is 5.57. The lowest BCUT2D eigenvalue weighted by molar-refractivity contribution is -0.0499. The first-order valence-corrected chi connectivity index (χ1v) is 9.99. The number of nitrogens with one attached hydrogen (secondary N) is 1. The van der Waals surface area contributed by atoms with E-state index in [1.165, 1.54) is 0 Å². The van der Waals surface area contributed by atoms with E-state index >= 15 is 0 Å². The van der Waals surface area contributed by atoms with E-state index in [0.717, 1.165) is 10.9 Å². The SMILES string of the molecule is COc1ccc2cc(CNc3nc4ccccc4n3[C@@H]3O[C@H](CO)[C@@H](O)[C@H]3O)oc2c1. The molecule has 31 heavy (non-hydrogen) atoms. The third kappa shape index (κ3) is 3.41. The van der Waals surface area contributed by atoms with Gasteiger partial charge in [-0.3, -0.25) is 4.57 Å². The van der Waals surface area contributed by atoms with Gasteiger partial charge in [0.05, 0.1) is 31.3 Å². The van der Waals surface area contributed by atoms with Crippen LogP contribution in [-0.4, -0.2) is 56.9 Å². The number of aliphatic hydroxyl groups excluding tert-OH is 3. The summed E-state index contributed by atoms with van der Waals surface area (Å²) in [5, 5.41) is 34.4. The highest BCUT2D eigenvalue weighted by atomic mass is 16.6. The van der Waals surface area contributed by atoms with Crippen molar-refractivity contribution in [2.45, 2.75) is 31.1 Å². The third-order valence-electron chi connectivity index (χ3n) is 5.57. The molecule has 0 saturated carbocycles. The van der Waals surface area contributed by atoms with Crippen molar-refractivity contribution in [1.29, 1.82) is 0 Å². The first kappa shape index (κ1) is 19.8. The van der Waals surface area contributed by atoms with Crippen molar-refractivity contribution in [1.82, 2.24) is 9.55 Å². The highest BCUT2D eigenvalue weighted by Crippen LogP contribution is 2.35. The number of furan rings is 1. The molecule has 1 aliphatic rings. The number of rotatable bonds is 6. The van der Waals surface area contributed by atoms with E-state index in [1.807, 2.05) is 48.5 Å². The Balaban J connectivity index is 1.47. The minimum absolute atomic E-state index is 0.342. The van der Waals surface area contributed by atoms with E-state index in [1.54, 1.807) is 11.7 Å². The van der Waals surface area contributed by atoms with E-state index in [4.69, 9.17) is 13.9 Å². The summed E-state index contributed by atoms with van der Waals surface area (Å²) in [5.74, 6) is 1.87. The topological polar surface area (TPSA) is 122 Å². The molecule has 2 aromatic carbocycles. The van der Waals surface area contributed by atoms with Gasteiger partial charge in [-0.15, -0.1) is 0 Å². The number of methoxy groups -OCH3 is 1. The second-order valence-electron chi connectivity index (χ2n) is 7.49. The molecule has 1 fully saturated rings. The van der Waals surface area contributed by atoms with Crippen molar-refractivity contribution < 1.29 is 29.2 Å². The number of benzene rings is 2. The maximum atomic E-state index is 10.6. The Morgan fingerprint density at radius 3 is 2.74 bits per heavy atom. The van der Waals surface area contributed by atoms with Crippen molar-refractivity contribution in [3.8, 4) is 5.75 Å². The Hall–Kier alpha value is -3.11. The summed E-state index contributed by atoms with van der Waals surface area (Å²) in [6, 6.07) is 15.0. The highest BCUT2D eigenvalue weighted by molar-refractivity contribution is 5.80. The molecular weight excluding hydrogens is 402 g/mol. The Morgan fingerprint density at radius 2 is 1.97 bits per heavy atom. The predicted molar refractivity (Wildman–Crippen MR) is 113 cm³/mol. The predicted octanol–water partition coefficient (Wildman–Crippen LogP) is 2.01. The monoisotopic (exact) mass is 425 g/mol. The van der Waals surface area contributed by atoms with Gasteiger partial charge in [-0.25, -0.2) is 4.98 Å². The van der Waals surface area contributed by atoms with Crippen LogP contribution in [-0.2, 0) is 11.3 Å². The fourth-order valence-corrected chi connectivity index (χ4v) is 3.97. The normalized spacial score (nSPS) is 23.6. The number of nitrogens with zero attached hydrogens (tertiary/aromatic N) is 2. The fourth-order valence-electron chi connectivity index (χ4n) is 3.97. The standard InChI is InChI=1S/C22H23N3O6/c1-29-13-7-6-12-8-14(30-17(12)9-13)10-23-22-24-15-4-2-3-5-16(15)25(22)21-20(28)19(27)18(11-26)31-21/h2-9,18-21,26-28H,10-11H2,1H3,(H,23,24)/t18-,19-,20-,21-/m1/s1. The number of para-hydroxylation sites is 2. The maximum absolute atomic E-state index is 10.6. The van der Waals surface area contributed by atoms with E-state index in [2.05, 4.69) is 10.3 Å². The molecule has 1 aliphatic heterocycles. The summed E-state index contributed by atoms with van der Waals surface area (Å²) >= 11 is 0. The summed E-state index contributed by atoms with van der Waals surface area (Å²) in [6.07, 6.45) is -4.19. The molecule has 0 amide bonds. The van der Waals surface area contributed by atoms with Crippen LogP contribution >= 0.6 is 0 Å². The van der Waals surface area contributed by atoms with Gasteiger partial charge in [0.2, 0.25) is 5.95 Å². The molecule has 1 saturated heterocycles. The van der Waals surface area contributed by atoms with Crippen molar-refractivity contribution in [3.05, 3.63) is 54.3 Å².